The first kappa shape index (κ1) is 15.1. The second-order valence-electron chi connectivity index (χ2n) is 4.34. The van der Waals surface area contributed by atoms with Crippen molar-refractivity contribution in [3.8, 4) is 0 Å². The molecule has 0 aliphatic rings. The molecule has 0 bridgehead atoms. The van der Waals surface area contributed by atoms with Crippen LogP contribution in [-0.4, -0.2) is 28.8 Å². The van der Waals surface area contributed by atoms with Crippen LogP contribution in [0.1, 0.15) is 52.4 Å². The maximum Gasteiger partial charge on any atom is 0.0244 e. The molecule has 0 amide bonds. The number of unbranched alkanes of at least 4 members (excludes halogenated alkanes) is 3. The lowest BCUT2D eigenvalue weighted by Crippen LogP contribution is -2.27. The number of rotatable bonds is 10. The van der Waals surface area contributed by atoms with E-state index in [-0.39, 0.29) is 0 Å². The zero-order chi connectivity index (χ0) is 11.5. The van der Waals surface area contributed by atoms with Gasteiger partial charge >= 0.3 is 0 Å². The zero-order valence-electron chi connectivity index (χ0n) is 10.6. The van der Waals surface area contributed by atoms with Gasteiger partial charge in [-0.05, 0) is 26.3 Å². The monoisotopic (exact) mass is 233 g/mol. The van der Waals surface area contributed by atoms with Gasteiger partial charge in [0.25, 0.3) is 0 Å². The average molecular weight is 233 g/mol. The number of hydrogen-bond donors (Lipinski definition) is 1. The van der Waals surface area contributed by atoms with Crippen molar-refractivity contribution < 1.29 is 4.21 Å². The number of hydrogen-bond acceptors (Lipinski definition) is 2. The third kappa shape index (κ3) is 12.0. The third-order valence-corrected chi connectivity index (χ3v) is 3.46. The van der Waals surface area contributed by atoms with Crippen LogP contribution < -0.4 is 5.32 Å². The molecule has 0 radical (unpaired) electrons. The van der Waals surface area contributed by atoms with E-state index in [2.05, 4.69) is 19.2 Å². The topological polar surface area (TPSA) is 29.1 Å². The fourth-order valence-corrected chi connectivity index (χ4v) is 2.15. The molecule has 2 unspecified atom stereocenters. The van der Waals surface area contributed by atoms with Crippen molar-refractivity contribution in [2.45, 2.75) is 58.4 Å². The van der Waals surface area contributed by atoms with Crippen LogP contribution in [0.2, 0.25) is 0 Å². The van der Waals surface area contributed by atoms with Crippen LogP contribution >= 0.6 is 0 Å². The van der Waals surface area contributed by atoms with Crippen molar-refractivity contribution in [2.75, 3.05) is 18.6 Å². The van der Waals surface area contributed by atoms with E-state index in [1.54, 1.807) is 6.26 Å². The molecule has 3 heteroatoms. The van der Waals surface area contributed by atoms with E-state index in [1.807, 2.05) is 0 Å². The molecule has 0 aromatic heterocycles. The summed E-state index contributed by atoms with van der Waals surface area (Å²) in [6, 6.07) is 0.618. The summed E-state index contributed by atoms with van der Waals surface area (Å²) < 4.78 is 10.8. The van der Waals surface area contributed by atoms with E-state index >= 15 is 0 Å². The zero-order valence-corrected chi connectivity index (χ0v) is 11.4. The Morgan fingerprint density at radius 3 is 2.53 bits per heavy atom. The Morgan fingerprint density at radius 2 is 1.93 bits per heavy atom. The van der Waals surface area contributed by atoms with Gasteiger partial charge in [-0.15, -0.1) is 0 Å². The highest BCUT2D eigenvalue weighted by molar-refractivity contribution is 7.84. The first-order valence-corrected chi connectivity index (χ1v) is 7.93. The van der Waals surface area contributed by atoms with Gasteiger partial charge in [0, 0.05) is 28.9 Å². The van der Waals surface area contributed by atoms with Crippen molar-refractivity contribution in [3.63, 3.8) is 0 Å². The number of nitrogens with one attached hydrogen (secondary N) is 1. The summed E-state index contributed by atoms with van der Waals surface area (Å²) in [5.74, 6) is 0.829. The Morgan fingerprint density at radius 1 is 1.20 bits per heavy atom. The lowest BCUT2D eigenvalue weighted by Gasteiger charge is -2.13. The molecule has 2 atom stereocenters. The molecular weight excluding hydrogens is 206 g/mol. The van der Waals surface area contributed by atoms with Gasteiger partial charge in [-0.1, -0.05) is 32.6 Å². The summed E-state index contributed by atoms with van der Waals surface area (Å²) in [6.45, 7) is 5.50. The quantitative estimate of drug-likeness (QED) is 0.588. The van der Waals surface area contributed by atoms with Crippen molar-refractivity contribution in [3.05, 3.63) is 0 Å². The molecule has 0 aliphatic heterocycles. The van der Waals surface area contributed by atoms with E-state index in [9.17, 15) is 4.21 Å². The second-order valence-corrected chi connectivity index (χ2v) is 5.89. The second kappa shape index (κ2) is 10.6. The smallest absolute Gasteiger partial charge is 0.0244 e. The van der Waals surface area contributed by atoms with E-state index < -0.39 is 10.8 Å². The lowest BCUT2D eigenvalue weighted by atomic mass is 10.1. The SMILES string of the molecule is CCCCCCC(C)NCCCS(C)=O. The molecule has 0 heterocycles. The van der Waals surface area contributed by atoms with Gasteiger partial charge in [-0.25, -0.2) is 0 Å². The molecular formula is C12H27NOS. The van der Waals surface area contributed by atoms with Gasteiger partial charge in [0.15, 0.2) is 0 Å². The van der Waals surface area contributed by atoms with E-state index in [4.69, 9.17) is 0 Å². The van der Waals surface area contributed by atoms with Crippen molar-refractivity contribution in [1.82, 2.24) is 5.32 Å². The van der Waals surface area contributed by atoms with Crippen LogP contribution in [0, 0.1) is 0 Å². The highest BCUT2D eigenvalue weighted by Crippen LogP contribution is 2.05. The van der Waals surface area contributed by atoms with Crippen LogP contribution in [0.15, 0.2) is 0 Å². The maximum absolute atomic E-state index is 10.8. The molecule has 92 valence electrons. The van der Waals surface area contributed by atoms with Crippen molar-refractivity contribution in [1.29, 1.82) is 0 Å². The van der Waals surface area contributed by atoms with Gasteiger partial charge in [-0.2, -0.15) is 0 Å². The summed E-state index contributed by atoms with van der Waals surface area (Å²) in [6.07, 6.45) is 9.45. The molecule has 0 saturated carbocycles. The molecule has 0 rings (SSSR count). The molecule has 0 spiro atoms. The third-order valence-electron chi connectivity index (χ3n) is 2.59. The fourth-order valence-electron chi connectivity index (χ4n) is 1.60. The largest absolute Gasteiger partial charge is 0.314 e. The Kier molecular flexibility index (Phi) is 10.7. The minimum Gasteiger partial charge on any atom is -0.314 e. The Hall–Kier alpha value is 0.110. The lowest BCUT2D eigenvalue weighted by molar-refractivity contribution is 0.483. The predicted octanol–water partition coefficient (Wildman–Crippen LogP) is 2.70. The predicted molar refractivity (Wildman–Crippen MR) is 69.8 cm³/mol. The van der Waals surface area contributed by atoms with Crippen molar-refractivity contribution >= 4 is 10.8 Å². The highest BCUT2D eigenvalue weighted by atomic mass is 32.2. The Balaban J connectivity index is 3.18. The molecule has 15 heavy (non-hydrogen) atoms. The summed E-state index contributed by atoms with van der Waals surface area (Å²) in [5.41, 5.74) is 0. The van der Waals surface area contributed by atoms with E-state index in [0.717, 1.165) is 18.7 Å². The minimum atomic E-state index is -0.628. The first-order valence-electron chi connectivity index (χ1n) is 6.20. The minimum absolute atomic E-state index is 0.618. The van der Waals surface area contributed by atoms with Crippen molar-refractivity contribution in [2.24, 2.45) is 0 Å². The van der Waals surface area contributed by atoms with Gasteiger partial charge in [0.05, 0.1) is 0 Å². The maximum atomic E-state index is 10.8. The summed E-state index contributed by atoms with van der Waals surface area (Å²) in [4.78, 5) is 0. The molecule has 0 fully saturated rings. The standard InChI is InChI=1S/C12H27NOS/c1-4-5-6-7-9-12(2)13-10-8-11-15(3)14/h12-13H,4-11H2,1-3H3. The van der Waals surface area contributed by atoms with Crippen LogP contribution in [0.5, 0.6) is 0 Å². The molecule has 2 nitrogen and oxygen atoms in total. The van der Waals surface area contributed by atoms with Crippen LogP contribution in [0.25, 0.3) is 0 Å². The van der Waals surface area contributed by atoms with Crippen LogP contribution in [0.4, 0.5) is 0 Å². The van der Waals surface area contributed by atoms with Gasteiger partial charge in [0.1, 0.15) is 0 Å². The molecule has 0 aliphatic carbocycles. The molecule has 0 saturated heterocycles. The van der Waals surface area contributed by atoms with E-state index in [1.165, 1.54) is 32.1 Å². The van der Waals surface area contributed by atoms with E-state index in [0.29, 0.717) is 6.04 Å². The Labute approximate surface area is 97.7 Å². The van der Waals surface area contributed by atoms with Crippen LogP contribution in [-0.2, 0) is 10.8 Å². The van der Waals surface area contributed by atoms with Gasteiger partial charge in [-0.3, -0.25) is 4.21 Å². The normalized spacial score (nSPS) is 15.1. The summed E-state index contributed by atoms with van der Waals surface area (Å²) in [7, 11) is -0.628. The highest BCUT2D eigenvalue weighted by Gasteiger charge is 2.00. The Bertz CT molecular complexity index is 162. The first-order chi connectivity index (χ1) is 7.16. The molecule has 1 N–H and O–H groups in total. The van der Waals surface area contributed by atoms with Gasteiger partial charge < -0.3 is 5.32 Å². The summed E-state index contributed by atoms with van der Waals surface area (Å²) in [5, 5.41) is 3.48. The average Bonchev–Trinajstić information content (AvgIpc) is 2.19. The van der Waals surface area contributed by atoms with Crippen LogP contribution in [0.3, 0.4) is 0 Å². The fraction of sp³-hybridized carbons (Fsp3) is 1.00. The van der Waals surface area contributed by atoms with Gasteiger partial charge in [0.2, 0.25) is 0 Å². The summed E-state index contributed by atoms with van der Waals surface area (Å²) >= 11 is 0. The molecule has 0 aromatic carbocycles. The molecule has 0 aromatic rings.